The molecule has 0 aliphatic carbocycles. The van der Waals surface area contributed by atoms with E-state index < -0.39 is 10.0 Å². The van der Waals surface area contributed by atoms with Crippen LogP contribution in [0.5, 0.6) is 5.75 Å². The van der Waals surface area contributed by atoms with Crippen LogP contribution in [0.3, 0.4) is 0 Å². The van der Waals surface area contributed by atoms with Crippen LogP contribution in [-0.2, 0) is 28.0 Å². The number of fused-ring (bicyclic) bond motifs is 1. The predicted octanol–water partition coefficient (Wildman–Crippen LogP) is 4.01. The number of imidazole rings is 1. The van der Waals surface area contributed by atoms with Crippen molar-refractivity contribution >= 4 is 44.4 Å². The molecule has 0 aliphatic rings. The monoisotopic (exact) mass is 496 g/mol. The van der Waals surface area contributed by atoms with E-state index in [0.717, 1.165) is 11.1 Å². The number of carbonyl (C=O) groups is 1. The Morgan fingerprint density at radius 1 is 1.09 bits per heavy atom. The smallest absolute Gasteiger partial charge is 0.238 e. The van der Waals surface area contributed by atoms with Crippen molar-refractivity contribution in [3.05, 3.63) is 78.4 Å². The molecule has 1 aromatic heterocycles. The lowest BCUT2D eigenvalue weighted by atomic mass is 10.2. The van der Waals surface area contributed by atoms with Crippen LogP contribution >= 0.6 is 11.8 Å². The third-order valence-electron chi connectivity index (χ3n) is 5.05. The van der Waals surface area contributed by atoms with Crippen molar-refractivity contribution in [3.63, 3.8) is 0 Å². The lowest BCUT2D eigenvalue weighted by molar-refractivity contribution is -0.113. The summed E-state index contributed by atoms with van der Waals surface area (Å²) in [5, 5.41) is 8.72. The Morgan fingerprint density at radius 2 is 1.82 bits per heavy atom. The van der Waals surface area contributed by atoms with Crippen LogP contribution in [0.15, 0.2) is 82.8 Å². The van der Waals surface area contributed by atoms with Gasteiger partial charge in [0.05, 0.1) is 21.7 Å². The Hall–Kier alpha value is -3.34. The largest absolute Gasteiger partial charge is 0.489 e. The van der Waals surface area contributed by atoms with Crippen molar-refractivity contribution in [1.82, 2.24) is 9.55 Å². The number of hydrogen-bond acceptors (Lipinski definition) is 6. The quantitative estimate of drug-likeness (QED) is 0.338. The van der Waals surface area contributed by atoms with Gasteiger partial charge >= 0.3 is 0 Å². The van der Waals surface area contributed by atoms with Crippen molar-refractivity contribution in [2.24, 2.45) is 5.14 Å². The number of rotatable bonds is 9. The number of aryl methyl sites for hydroxylation is 1. The lowest BCUT2D eigenvalue weighted by Crippen LogP contribution is -2.14. The molecule has 8 nitrogen and oxygen atoms in total. The summed E-state index contributed by atoms with van der Waals surface area (Å²) in [5.74, 6) is 0.687. The van der Waals surface area contributed by atoms with Crippen LogP contribution in [0.1, 0.15) is 12.5 Å². The highest BCUT2D eigenvalue weighted by atomic mass is 32.2. The highest BCUT2D eigenvalue weighted by Crippen LogP contribution is 2.26. The fourth-order valence-corrected chi connectivity index (χ4v) is 4.79. The summed E-state index contributed by atoms with van der Waals surface area (Å²) in [6, 6.07) is 21.7. The van der Waals surface area contributed by atoms with Crippen LogP contribution in [0, 0.1) is 0 Å². The van der Waals surface area contributed by atoms with Gasteiger partial charge in [0, 0.05) is 12.2 Å². The average molecular weight is 497 g/mol. The van der Waals surface area contributed by atoms with Gasteiger partial charge in [-0.05, 0) is 55.0 Å². The Labute approximate surface area is 202 Å². The van der Waals surface area contributed by atoms with Gasteiger partial charge in [0.1, 0.15) is 12.4 Å². The van der Waals surface area contributed by atoms with E-state index in [1.165, 1.54) is 23.9 Å². The Kier molecular flexibility index (Phi) is 7.20. The Balaban J connectivity index is 1.36. The van der Waals surface area contributed by atoms with Crippen molar-refractivity contribution in [2.75, 3.05) is 11.1 Å². The molecule has 3 aromatic carbocycles. The molecule has 4 rings (SSSR count). The summed E-state index contributed by atoms with van der Waals surface area (Å²) >= 11 is 1.28. The van der Waals surface area contributed by atoms with Gasteiger partial charge in [0.2, 0.25) is 15.9 Å². The number of nitrogens with one attached hydrogen (secondary N) is 1. The van der Waals surface area contributed by atoms with Gasteiger partial charge in [-0.1, -0.05) is 42.1 Å². The van der Waals surface area contributed by atoms with Crippen molar-refractivity contribution in [3.8, 4) is 5.75 Å². The zero-order chi connectivity index (χ0) is 24.1. The third-order valence-corrected chi connectivity index (χ3v) is 6.94. The van der Waals surface area contributed by atoms with Gasteiger partial charge in [-0.25, -0.2) is 18.5 Å². The van der Waals surface area contributed by atoms with Crippen molar-refractivity contribution in [2.45, 2.75) is 30.1 Å². The standard InChI is InChI=1S/C24H24N4O4S2/c1-2-28-22-13-12-20(34(25,30)31)14-21(22)27-24(28)33-16-23(29)26-18-8-10-19(11-9-18)32-15-17-6-4-3-5-7-17/h3-14H,2,15-16H2,1H3,(H,26,29)(H2,25,30,31). The molecule has 0 unspecified atom stereocenters. The minimum absolute atomic E-state index is 0.00578. The lowest BCUT2D eigenvalue weighted by Gasteiger charge is -2.09. The number of primary sulfonamides is 1. The maximum Gasteiger partial charge on any atom is 0.238 e. The topological polar surface area (TPSA) is 116 Å². The van der Waals surface area contributed by atoms with Crippen LogP contribution in [0.25, 0.3) is 11.0 Å². The molecular formula is C24H24N4O4S2. The number of nitrogens with zero attached hydrogens (tertiary/aromatic N) is 2. The second kappa shape index (κ2) is 10.3. The van der Waals surface area contributed by atoms with Crippen molar-refractivity contribution in [1.29, 1.82) is 0 Å². The molecule has 0 fully saturated rings. The summed E-state index contributed by atoms with van der Waals surface area (Å²) in [6.45, 7) is 3.06. The predicted molar refractivity (Wildman–Crippen MR) is 133 cm³/mol. The number of amides is 1. The number of nitrogens with two attached hydrogens (primary N) is 1. The molecule has 3 N–H and O–H groups in total. The summed E-state index contributed by atoms with van der Waals surface area (Å²) in [4.78, 5) is 17.0. The van der Waals surface area contributed by atoms with Crippen LogP contribution < -0.4 is 15.2 Å². The molecule has 0 bridgehead atoms. The van der Waals surface area contributed by atoms with Gasteiger partial charge in [-0.3, -0.25) is 4.79 Å². The molecule has 0 saturated heterocycles. The van der Waals surface area contributed by atoms with E-state index >= 15 is 0 Å². The summed E-state index contributed by atoms with van der Waals surface area (Å²) in [5.41, 5.74) is 3.04. The molecule has 0 atom stereocenters. The van der Waals surface area contributed by atoms with Gasteiger partial charge in [0.25, 0.3) is 0 Å². The van der Waals surface area contributed by atoms with Gasteiger partial charge in [0.15, 0.2) is 5.16 Å². The highest BCUT2D eigenvalue weighted by Gasteiger charge is 2.15. The number of ether oxygens (including phenoxy) is 1. The van der Waals surface area contributed by atoms with E-state index in [0.29, 0.717) is 35.3 Å². The maximum absolute atomic E-state index is 12.5. The van der Waals surface area contributed by atoms with Crippen LogP contribution in [-0.4, -0.2) is 29.6 Å². The molecule has 10 heteroatoms. The van der Waals surface area contributed by atoms with E-state index in [2.05, 4.69) is 10.3 Å². The first kappa shape index (κ1) is 23.8. The van der Waals surface area contributed by atoms with Gasteiger partial charge in [-0.2, -0.15) is 0 Å². The second-order valence-electron chi connectivity index (χ2n) is 7.47. The minimum atomic E-state index is -3.82. The molecule has 0 spiro atoms. The first-order valence-corrected chi connectivity index (χ1v) is 13.1. The third kappa shape index (κ3) is 5.77. The normalized spacial score (nSPS) is 11.5. The Morgan fingerprint density at radius 3 is 2.50 bits per heavy atom. The highest BCUT2D eigenvalue weighted by molar-refractivity contribution is 7.99. The number of sulfonamides is 1. The summed E-state index contributed by atoms with van der Waals surface area (Å²) in [6.07, 6.45) is 0. The minimum Gasteiger partial charge on any atom is -0.489 e. The molecule has 0 aliphatic heterocycles. The number of thioether (sulfide) groups is 1. The zero-order valence-electron chi connectivity index (χ0n) is 18.5. The molecule has 0 saturated carbocycles. The van der Waals surface area contributed by atoms with E-state index in [4.69, 9.17) is 9.88 Å². The number of anilines is 1. The molecular weight excluding hydrogens is 472 g/mol. The zero-order valence-corrected chi connectivity index (χ0v) is 20.1. The number of carbonyl (C=O) groups excluding carboxylic acids is 1. The molecule has 4 aromatic rings. The first-order valence-electron chi connectivity index (χ1n) is 10.6. The second-order valence-corrected chi connectivity index (χ2v) is 9.97. The number of hydrogen-bond donors (Lipinski definition) is 2. The SMILES string of the molecule is CCn1c(SCC(=O)Nc2ccc(OCc3ccccc3)cc2)nc2cc(S(N)(=O)=O)ccc21. The Bertz CT molecular complexity index is 1400. The fourth-order valence-electron chi connectivity index (χ4n) is 3.38. The van der Waals surface area contributed by atoms with Crippen LogP contribution in [0.4, 0.5) is 5.69 Å². The van der Waals surface area contributed by atoms with E-state index in [9.17, 15) is 13.2 Å². The molecule has 0 radical (unpaired) electrons. The first-order chi connectivity index (χ1) is 16.3. The van der Waals surface area contributed by atoms with Gasteiger partial charge in [-0.15, -0.1) is 0 Å². The van der Waals surface area contributed by atoms with E-state index in [1.807, 2.05) is 54.0 Å². The molecule has 1 heterocycles. The van der Waals surface area contributed by atoms with Crippen molar-refractivity contribution < 1.29 is 17.9 Å². The summed E-state index contributed by atoms with van der Waals surface area (Å²) in [7, 11) is -3.82. The van der Waals surface area contributed by atoms with Gasteiger partial charge < -0.3 is 14.6 Å². The number of benzene rings is 3. The number of aromatic nitrogens is 2. The average Bonchev–Trinajstić information content (AvgIpc) is 3.19. The molecule has 1 amide bonds. The van der Waals surface area contributed by atoms with Crippen LogP contribution in [0.2, 0.25) is 0 Å². The van der Waals surface area contributed by atoms with E-state index in [1.54, 1.807) is 18.2 Å². The van der Waals surface area contributed by atoms with E-state index in [-0.39, 0.29) is 16.6 Å². The fraction of sp³-hybridized carbons (Fsp3) is 0.167. The molecule has 176 valence electrons. The summed E-state index contributed by atoms with van der Waals surface area (Å²) < 4.78 is 30.9. The molecule has 34 heavy (non-hydrogen) atoms. The maximum atomic E-state index is 12.5.